The second-order valence-corrected chi connectivity index (χ2v) is 8.46. The minimum Gasteiger partial charge on any atom is -0.484 e. The molecular formula is C22H29N5O3. The molecule has 8 heteroatoms. The molecule has 0 aliphatic carbocycles. The number of nitrogens with one attached hydrogen (secondary N) is 1. The van der Waals surface area contributed by atoms with E-state index in [1.54, 1.807) is 15.6 Å². The zero-order valence-electron chi connectivity index (χ0n) is 18.1. The van der Waals surface area contributed by atoms with Crippen LogP contribution in [0.1, 0.15) is 34.6 Å². The molecule has 30 heavy (non-hydrogen) atoms. The Morgan fingerprint density at radius 3 is 2.57 bits per heavy atom. The van der Waals surface area contributed by atoms with E-state index in [0.717, 1.165) is 37.3 Å². The summed E-state index contributed by atoms with van der Waals surface area (Å²) in [6.45, 7) is 5.92. The molecule has 160 valence electrons. The molecular weight excluding hydrogens is 382 g/mol. The van der Waals surface area contributed by atoms with E-state index in [0.29, 0.717) is 23.5 Å². The summed E-state index contributed by atoms with van der Waals surface area (Å²) in [5.74, 6) is 0.204. The first-order chi connectivity index (χ1) is 14.3. The zero-order valence-corrected chi connectivity index (χ0v) is 18.1. The van der Waals surface area contributed by atoms with Gasteiger partial charge < -0.3 is 19.9 Å². The number of fused-ring (bicyclic) bond motifs is 1. The molecule has 0 atom stereocenters. The van der Waals surface area contributed by atoms with Gasteiger partial charge in [0.15, 0.2) is 0 Å². The third-order valence-electron chi connectivity index (χ3n) is 6.22. The molecule has 0 radical (unpaired) electrons. The molecule has 2 aliphatic rings. The first-order valence-electron chi connectivity index (χ1n) is 10.3. The molecule has 1 fully saturated rings. The largest absolute Gasteiger partial charge is 0.484 e. The zero-order chi connectivity index (χ0) is 21.5. The molecule has 8 nitrogen and oxygen atoms in total. The number of amides is 2. The van der Waals surface area contributed by atoms with E-state index in [1.807, 2.05) is 39.1 Å². The van der Waals surface area contributed by atoms with E-state index in [2.05, 4.69) is 22.4 Å². The van der Waals surface area contributed by atoms with Gasteiger partial charge >= 0.3 is 0 Å². The number of aryl methyl sites for hydroxylation is 2. The van der Waals surface area contributed by atoms with Crippen molar-refractivity contribution in [2.24, 2.45) is 7.05 Å². The smallest absolute Gasteiger partial charge is 0.258 e. The van der Waals surface area contributed by atoms with E-state index in [4.69, 9.17) is 4.74 Å². The summed E-state index contributed by atoms with van der Waals surface area (Å²) in [5.41, 5.74) is 2.37. The second-order valence-electron chi connectivity index (χ2n) is 8.46. The van der Waals surface area contributed by atoms with Crippen molar-refractivity contribution in [1.29, 1.82) is 0 Å². The molecule has 2 aliphatic heterocycles. The third-order valence-corrected chi connectivity index (χ3v) is 6.22. The van der Waals surface area contributed by atoms with Crippen LogP contribution in [0, 0.1) is 13.8 Å². The SMILES string of the molecule is Cc1nn(C)c(C)c1NC(=O)CN1CC2(CCN(C)CC2)Oc2ccccc2C1=O. The number of hydrogen-bond donors (Lipinski definition) is 1. The van der Waals surface area contributed by atoms with Crippen molar-refractivity contribution in [2.75, 3.05) is 38.5 Å². The number of para-hydroxylation sites is 1. The van der Waals surface area contributed by atoms with Crippen LogP contribution in [0.5, 0.6) is 5.75 Å². The van der Waals surface area contributed by atoms with E-state index < -0.39 is 5.60 Å². The van der Waals surface area contributed by atoms with Gasteiger partial charge in [-0.25, -0.2) is 0 Å². The summed E-state index contributed by atoms with van der Waals surface area (Å²) >= 11 is 0. The molecule has 1 N–H and O–H groups in total. The quantitative estimate of drug-likeness (QED) is 0.835. The Morgan fingerprint density at radius 2 is 1.90 bits per heavy atom. The van der Waals surface area contributed by atoms with Gasteiger partial charge in [-0.2, -0.15) is 5.10 Å². The maximum atomic E-state index is 13.3. The Hall–Kier alpha value is -2.87. The van der Waals surface area contributed by atoms with E-state index in [9.17, 15) is 9.59 Å². The van der Waals surface area contributed by atoms with Crippen molar-refractivity contribution in [3.63, 3.8) is 0 Å². The summed E-state index contributed by atoms with van der Waals surface area (Å²) in [7, 11) is 3.93. The highest BCUT2D eigenvalue weighted by molar-refractivity contribution is 6.01. The summed E-state index contributed by atoms with van der Waals surface area (Å²) in [5, 5.41) is 7.29. The van der Waals surface area contributed by atoms with Crippen molar-refractivity contribution < 1.29 is 14.3 Å². The van der Waals surface area contributed by atoms with Gasteiger partial charge in [0.2, 0.25) is 5.91 Å². The number of anilines is 1. The minimum atomic E-state index is -0.477. The molecule has 4 rings (SSSR count). The summed E-state index contributed by atoms with van der Waals surface area (Å²) in [4.78, 5) is 30.1. The summed E-state index contributed by atoms with van der Waals surface area (Å²) < 4.78 is 8.18. The number of rotatable bonds is 3. The number of carbonyl (C=O) groups excluding carboxylic acids is 2. The maximum Gasteiger partial charge on any atom is 0.258 e. The Balaban J connectivity index is 1.59. The number of hydrogen-bond acceptors (Lipinski definition) is 5. The highest BCUT2D eigenvalue weighted by Crippen LogP contribution is 2.35. The van der Waals surface area contributed by atoms with Gasteiger partial charge in [-0.1, -0.05) is 12.1 Å². The molecule has 1 spiro atoms. The number of carbonyl (C=O) groups is 2. The van der Waals surface area contributed by atoms with Crippen LogP contribution in [0.2, 0.25) is 0 Å². The van der Waals surface area contributed by atoms with Crippen LogP contribution in [0.4, 0.5) is 5.69 Å². The van der Waals surface area contributed by atoms with Gasteiger partial charge in [0, 0.05) is 33.0 Å². The van der Waals surface area contributed by atoms with Gasteiger partial charge in [-0.3, -0.25) is 14.3 Å². The summed E-state index contributed by atoms with van der Waals surface area (Å²) in [6.07, 6.45) is 1.62. The normalized spacial score (nSPS) is 18.7. The fourth-order valence-corrected chi connectivity index (χ4v) is 4.31. The lowest BCUT2D eigenvalue weighted by molar-refractivity contribution is -0.117. The van der Waals surface area contributed by atoms with Crippen LogP contribution in [-0.4, -0.2) is 70.2 Å². The predicted octanol–water partition coefficient (Wildman–Crippen LogP) is 1.97. The highest BCUT2D eigenvalue weighted by Gasteiger charge is 2.42. The molecule has 1 aromatic heterocycles. The molecule has 0 bridgehead atoms. The molecule has 2 amide bonds. The predicted molar refractivity (Wildman–Crippen MR) is 114 cm³/mol. The molecule has 1 saturated heterocycles. The average molecular weight is 412 g/mol. The van der Waals surface area contributed by atoms with Crippen LogP contribution < -0.4 is 10.1 Å². The monoisotopic (exact) mass is 411 g/mol. The Bertz CT molecular complexity index is 975. The van der Waals surface area contributed by atoms with Crippen molar-refractivity contribution in [3.05, 3.63) is 41.2 Å². The molecule has 3 heterocycles. The summed E-state index contributed by atoms with van der Waals surface area (Å²) in [6, 6.07) is 7.32. The van der Waals surface area contributed by atoms with E-state index >= 15 is 0 Å². The lowest BCUT2D eigenvalue weighted by Crippen LogP contribution is -2.54. The van der Waals surface area contributed by atoms with Gasteiger partial charge in [-0.15, -0.1) is 0 Å². The van der Waals surface area contributed by atoms with E-state index in [1.165, 1.54) is 0 Å². The molecule has 0 saturated carbocycles. The van der Waals surface area contributed by atoms with Crippen LogP contribution in [0.25, 0.3) is 0 Å². The lowest BCUT2D eigenvalue weighted by atomic mass is 9.90. The Kier molecular flexibility index (Phi) is 5.27. The average Bonchev–Trinajstić information content (AvgIpc) is 2.89. The van der Waals surface area contributed by atoms with E-state index in [-0.39, 0.29) is 18.4 Å². The van der Waals surface area contributed by atoms with Crippen LogP contribution in [0.3, 0.4) is 0 Å². The van der Waals surface area contributed by atoms with Crippen molar-refractivity contribution in [3.8, 4) is 5.75 Å². The molecule has 0 unspecified atom stereocenters. The Labute approximate surface area is 176 Å². The number of benzene rings is 1. The van der Waals surface area contributed by atoms with Gasteiger partial charge in [-0.05, 0) is 33.0 Å². The standard InChI is InChI=1S/C22H29N5O3/c1-15-20(16(2)26(4)24-15)23-19(28)13-27-14-22(9-11-25(3)12-10-22)30-18-8-6-5-7-17(18)21(27)29/h5-8H,9-14H2,1-4H3,(H,23,28). The van der Waals surface area contributed by atoms with Crippen LogP contribution >= 0.6 is 0 Å². The van der Waals surface area contributed by atoms with Crippen molar-refractivity contribution >= 4 is 17.5 Å². The molecule has 2 aromatic rings. The lowest BCUT2D eigenvalue weighted by Gasteiger charge is -2.41. The first kappa shape index (κ1) is 20.4. The first-order valence-corrected chi connectivity index (χ1v) is 10.3. The minimum absolute atomic E-state index is 0.0259. The number of nitrogens with zero attached hydrogens (tertiary/aromatic N) is 4. The van der Waals surface area contributed by atoms with Gasteiger partial charge in [0.1, 0.15) is 17.9 Å². The van der Waals surface area contributed by atoms with Crippen LogP contribution in [-0.2, 0) is 11.8 Å². The maximum absolute atomic E-state index is 13.3. The number of piperidine rings is 1. The van der Waals surface area contributed by atoms with Crippen molar-refractivity contribution in [2.45, 2.75) is 32.3 Å². The fourth-order valence-electron chi connectivity index (χ4n) is 4.31. The van der Waals surface area contributed by atoms with Gasteiger partial charge in [0.25, 0.3) is 5.91 Å². The molecule has 1 aromatic carbocycles. The second kappa shape index (κ2) is 7.75. The van der Waals surface area contributed by atoms with Gasteiger partial charge in [0.05, 0.1) is 29.2 Å². The topological polar surface area (TPSA) is 79.7 Å². The van der Waals surface area contributed by atoms with Crippen LogP contribution in [0.15, 0.2) is 24.3 Å². The number of likely N-dealkylation sites (tertiary alicyclic amines) is 1. The third kappa shape index (κ3) is 3.79. The van der Waals surface area contributed by atoms with Crippen molar-refractivity contribution in [1.82, 2.24) is 19.6 Å². The fraction of sp³-hybridized carbons (Fsp3) is 0.500. The Morgan fingerprint density at radius 1 is 1.20 bits per heavy atom. The number of ether oxygens (including phenoxy) is 1. The number of aromatic nitrogens is 2. The highest BCUT2D eigenvalue weighted by atomic mass is 16.5.